The van der Waals surface area contributed by atoms with Gasteiger partial charge in [-0.05, 0) is 38.1 Å². The number of carbonyl (C=O) groups excluding carboxylic acids is 2. The maximum atomic E-state index is 12.6. The molecular weight excluding hydrogens is 412 g/mol. The van der Waals surface area contributed by atoms with Crippen LogP contribution in [0.15, 0.2) is 59.0 Å². The molecule has 4 rings (SSSR count). The molecule has 2 heterocycles. The van der Waals surface area contributed by atoms with Crippen molar-refractivity contribution in [2.45, 2.75) is 13.8 Å². The number of nitrogens with zero attached hydrogens (tertiary/aromatic N) is 4. The van der Waals surface area contributed by atoms with Gasteiger partial charge in [0.1, 0.15) is 0 Å². The van der Waals surface area contributed by atoms with Crippen molar-refractivity contribution in [1.29, 1.82) is 0 Å². The van der Waals surface area contributed by atoms with E-state index in [2.05, 4.69) is 20.6 Å². The van der Waals surface area contributed by atoms with Gasteiger partial charge in [0.25, 0.3) is 11.8 Å². The second kappa shape index (κ2) is 8.72. The lowest BCUT2D eigenvalue weighted by molar-refractivity contribution is 0.0517. The summed E-state index contributed by atoms with van der Waals surface area (Å²) in [6.07, 6.45) is 0. The molecule has 0 bridgehead atoms. The van der Waals surface area contributed by atoms with Gasteiger partial charge in [0.05, 0.1) is 18.0 Å². The number of rotatable bonds is 6. The summed E-state index contributed by atoms with van der Waals surface area (Å²) in [4.78, 5) is 24.9. The molecule has 3 N–H and O–H groups in total. The fraction of sp³-hybridized carbons (Fsp3) is 0.136. The number of benzene rings is 2. The summed E-state index contributed by atoms with van der Waals surface area (Å²) in [7, 11) is 0. The lowest BCUT2D eigenvalue weighted by Crippen LogP contribution is -2.13. The standard InChI is InChI=1S/C22H20N6O4/c1-3-31-21(30)18-16(23)17(27-28(18)15-11-9-13(2)10-12-15)20-25-26-22(32-20)24-19(29)14-7-5-4-6-8-14/h4-12H,3,23H2,1-2H3,(H,24,26,29). The van der Waals surface area contributed by atoms with Crippen LogP contribution in [-0.4, -0.2) is 38.5 Å². The SMILES string of the molecule is CCOC(=O)c1c(N)c(-c2nnc(NC(=O)c3ccccc3)o2)nn1-c1ccc(C)cc1. The van der Waals surface area contributed by atoms with Crippen LogP contribution in [0.3, 0.4) is 0 Å². The van der Waals surface area contributed by atoms with Gasteiger partial charge in [0.2, 0.25) is 0 Å². The highest BCUT2D eigenvalue weighted by Gasteiger charge is 2.27. The molecule has 2 aromatic heterocycles. The third-order valence-electron chi connectivity index (χ3n) is 4.55. The lowest BCUT2D eigenvalue weighted by atomic mass is 10.2. The van der Waals surface area contributed by atoms with Crippen molar-refractivity contribution in [1.82, 2.24) is 20.0 Å². The van der Waals surface area contributed by atoms with Gasteiger partial charge in [-0.15, -0.1) is 5.10 Å². The highest BCUT2D eigenvalue weighted by molar-refractivity contribution is 6.03. The molecule has 32 heavy (non-hydrogen) atoms. The quantitative estimate of drug-likeness (QED) is 0.443. The molecule has 0 atom stereocenters. The van der Waals surface area contributed by atoms with Crippen molar-refractivity contribution >= 4 is 23.6 Å². The summed E-state index contributed by atoms with van der Waals surface area (Å²) in [5.74, 6) is -1.10. The molecule has 0 radical (unpaired) electrons. The molecule has 4 aromatic rings. The maximum Gasteiger partial charge on any atom is 0.359 e. The topological polar surface area (TPSA) is 138 Å². The summed E-state index contributed by atoms with van der Waals surface area (Å²) >= 11 is 0. The molecule has 10 heteroatoms. The first kappa shape index (κ1) is 20.8. The highest BCUT2D eigenvalue weighted by atomic mass is 16.5. The maximum absolute atomic E-state index is 12.6. The molecule has 0 aliphatic carbocycles. The van der Waals surface area contributed by atoms with E-state index in [-0.39, 0.29) is 35.6 Å². The first-order valence-electron chi connectivity index (χ1n) is 9.81. The van der Waals surface area contributed by atoms with Crippen LogP contribution in [-0.2, 0) is 4.74 Å². The third kappa shape index (κ3) is 4.06. The van der Waals surface area contributed by atoms with Crippen molar-refractivity contribution in [3.63, 3.8) is 0 Å². The van der Waals surface area contributed by atoms with E-state index >= 15 is 0 Å². The average molecular weight is 432 g/mol. The van der Waals surface area contributed by atoms with Crippen LogP contribution < -0.4 is 11.1 Å². The van der Waals surface area contributed by atoms with Gasteiger partial charge in [0, 0.05) is 5.56 Å². The minimum Gasteiger partial charge on any atom is -0.461 e. The molecule has 0 unspecified atom stereocenters. The van der Waals surface area contributed by atoms with Crippen LogP contribution in [0.2, 0.25) is 0 Å². The van der Waals surface area contributed by atoms with Gasteiger partial charge in [-0.25, -0.2) is 9.48 Å². The second-order valence-corrected chi connectivity index (χ2v) is 6.81. The molecule has 10 nitrogen and oxygen atoms in total. The Morgan fingerprint density at radius 2 is 1.81 bits per heavy atom. The number of ether oxygens (including phenoxy) is 1. The number of hydrogen-bond donors (Lipinski definition) is 2. The number of hydrogen-bond acceptors (Lipinski definition) is 8. The number of carbonyl (C=O) groups is 2. The van der Waals surface area contributed by atoms with Crippen molar-refractivity contribution < 1.29 is 18.7 Å². The first-order valence-corrected chi connectivity index (χ1v) is 9.81. The van der Waals surface area contributed by atoms with E-state index in [0.29, 0.717) is 11.3 Å². The number of aromatic nitrogens is 4. The summed E-state index contributed by atoms with van der Waals surface area (Å²) < 4.78 is 12.1. The largest absolute Gasteiger partial charge is 0.461 e. The Balaban J connectivity index is 1.70. The summed E-state index contributed by atoms with van der Waals surface area (Å²) in [6.45, 7) is 3.81. The molecule has 0 saturated carbocycles. The predicted octanol–water partition coefficient (Wildman–Crippen LogP) is 3.24. The zero-order valence-corrected chi connectivity index (χ0v) is 17.4. The van der Waals surface area contributed by atoms with Gasteiger partial charge in [-0.3, -0.25) is 10.1 Å². The smallest absolute Gasteiger partial charge is 0.359 e. The number of aryl methyl sites for hydroxylation is 1. The van der Waals surface area contributed by atoms with Crippen molar-refractivity contribution in [2.75, 3.05) is 17.7 Å². The van der Waals surface area contributed by atoms with Crippen LogP contribution in [0.1, 0.15) is 33.3 Å². The van der Waals surface area contributed by atoms with Gasteiger partial charge in [0.15, 0.2) is 11.4 Å². The fourth-order valence-electron chi connectivity index (χ4n) is 2.99. The Labute approximate surface area is 183 Å². The molecular formula is C22H20N6O4. The third-order valence-corrected chi connectivity index (χ3v) is 4.55. The highest BCUT2D eigenvalue weighted by Crippen LogP contribution is 2.30. The Morgan fingerprint density at radius 3 is 2.50 bits per heavy atom. The molecule has 162 valence electrons. The number of amides is 1. The molecule has 0 aliphatic rings. The van der Waals surface area contributed by atoms with Crippen molar-refractivity contribution in [2.24, 2.45) is 0 Å². The Hall–Kier alpha value is -4.47. The Kier molecular flexibility index (Phi) is 5.67. The van der Waals surface area contributed by atoms with Gasteiger partial charge in [-0.2, -0.15) is 5.10 Å². The van der Waals surface area contributed by atoms with Crippen LogP contribution in [0.25, 0.3) is 17.3 Å². The number of esters is 1. The van der Waals surface area contributed by atoms with E-state index in [9.17, 15) is 9.59 Å². The molecule has 0 saturated heterocycles. The lowest BCUT2D eigenvalue weighted by Gasteiger charge is -2.07. The van der Waals surface area contributed by atoms with E-state index in [0.717, 1.165) is 5.56 Å². The zero-order chi connectivity index (χ0) is 22.7. The number of nitrogens with one attached hydrogen (secondary N) is 1. The normalized spacial score (nSPS) is 10.7. The van der Waals surface area contributed by atoms with Crippen LogP contribution in [0.4, 0.5) is 11.7 Å². The molecule has 0 aliphatic heterocycles. The van der Waals surface area contributed by atoms with Gasteiger partial charge < -0.3 is 14.9 Å². The minimum atomic E-state index is -0.638. The zero-order valence-electron chi connectivity index (χ0n) is 17.4. The van der Waals surface area contributed by atoms with E-state index in [1.165, 1.54) is 4.68 Å². The summed E-state index contributed by atoms with van der Waals surface area (Å²) in [5, 5.41) is 14.7. The summed E-state index contributed by atoms with van der Waals surface area (Å²) in [5.41, 5.74) is 8.48. The van der Waals surface area contributed by atoms with Crippen LogP contribution in [0.5, 0.6) is 0 Å². The van der Waals surface area contributed by atoms with E-state index in [4.69, 9.17) is 14.9 Å². The van der Waals surface area contributed by atoms with Crippen molar-refractivity contribution in [3.8, 4) is 17.3 Å². The molecule has 0 spiro atoms. The van der Waals surface area contributed by atoms with Crippen molar-refractivity contribution in [3.05, 3.63) is 71.4 Å². The van der Waals surface area contributed by atoms with Crippen LogP contribution >= 0.6 is 0 Å². The minimum absolute atomic E-state index is 0.0219. The van der Waals surface area contributed by atoms with E-state index < -0.39 is 11.9 Å². The predicted molar refractivity (Wildman–Crippen MR) is 116 cm³/mol. The van der Waals surface area contributed by atoms with E-state index in [1.807, 2.05) is 19.1 Å². The summed E-state index contributed by atoms with van der Waals surface area (Å²) in [6, 6.07) is 15.8. The molecule has 0 fully saturated rings. The van der Waals surface area contributed by atoms with Crippen LogP contribution in [0, 0.1) is 6.92 Å². The monoisotopic (exact) mass is 432 g/mol. The molecule has 1 amide bonds. The Morgan fingerprint density at radius 1 is 1.09 bits per heavy atom. The Bertz CT molecular complexity index is 1260. The number of nitrogens with two attached hydrogens (primary N) is 1. The number of nitrogen functional groups attached to an aromatic ring is 1. The average Bonchev–Trinajstić information content (AvgIpc) is 3.39. The van der Waals surface area contributed by atoms with Gasteiger partial charge >= 0.3 is 12.0 Å². The fourth-order valence-corrected chi connectivity index (χ4v) is 2.99. The first-order chi connectivity index (χ1) is 15.5. The second-order valence-electron chi connectivity index (χ2n) is 6.81. The van der Waals surface area contributed by atoms with E-state index in [1.54, 1.807) is 49.4 Å². The van der Waals surface area contributed by atoms with Gasteiger partial charge in [-0.1, -0.05) is 41.0 Å². The molecule has 2 aromatic carbocycles. The number of anilines is 2.